The molecule has 1 aromatic heterocycles. The van der Waals surface area contributed by atoms with Crippen LogP contribution in [0.3, 0.4) is 0 Å². The van der Waals surface area contributed by atoms with Crippen LogP contribution in [0.2, 0.25) is 0 Å². The molecule has 0 saturated heterocycles. The first-order valence-electron chi connectivity index (χ1n) is 10.2. The molecule has 0 aliphatic rings. The highest BCUT2D eigenvalue weighted by Gasteiger charge is 2.18. The third-order valence-electron chi connectivity index (χ3n) is 4.67. The Morgan fingerprint density at radius 3 is 2.59 bits per heavy atom. The molecule has 170 valence electrons. The SMILES string of the molecule is CCCCc1nc2ccc(Br)cc2c(=O)n1N=Cc1cc(OC)c(OC(C)C)c(Br)c1Br. The van der Waals surface area contributed by atoms with Gasteiger partial charge in [0.25, 0.3) is 5.56 Å². The molecular formula is C23H24Br3N3O3. The highest BCUT2D eigenvalue weighted by Crippen LogP contribution is 2.42. The van der Waals surface area contributed by atoms with E-state index in [1.54, 1.807) is 19.4 Å². The van der Waals surface area contributed by atoms with Gasteiger partial charge in [0.15, 0.2) is 11.5 Å². The first-order chi connectivity index (χ1) is 15.3. The summed E-state index contributed by atoms with van der Waals surface area (Å²) in [7, 11) is 1.59. The van der Waals surface area contributed by atoms with Crippen molar-refractivity contribution in [3.8, 4) is 11.5 Å². The number of hydrogen-bond donors (Lipinski definition) is 0. The summed E-state index contributed by atoms with van der Waals surface area (Å²) in [6.45, 7) is 6.00. The number of benzene rings is 2. The van der Waals surface area contributed by atoms with Crippen molar-refractivity contribution in [1.29, 1.82) is 0 Å². The molecule has 0 amide bonds. The van der Waals surface area contributed by atoms with E-state index in [0.29, 0.717) is 39.1 Å². The van der Waals surface area contributed by atoms with Crippen molar-refractivity contribution in [1.82, 2.24) is 9.66 Å². The van der Waals surface area contributed by atoms with Crippen molar-refractivity contribution in [2.45, 2.75) is 46.1 Å². The van der Waals surface area contributed by atoms with Crippen molar-refractivity contribution >= 4 is 64.9 Å². The van der Waals surface area contributed by atoms with E-state index in [1.165, 1.54) is 4.68 Å². The number of fused-ring (bicyclic) bond motifs is 1. The lowest BCUT2D eigenvalue weighted by Gasteiger charge is -2.17. The Kier molecular flexibility index (Phi) is 8.52. The van der Waals surface area contributed by atoms with Crippen molar-refractivity contribution in [2.75, 3.05) is 7.11 Å². The van der Waals surface area contributed by atoms with E-state index in [9.17, 15) is 4.79 Å². The predicted molar refractivity (Wildman–Crippen MR) is 139 cm³/mol. The minimum absolute atomic E-state index is 0.0192. The number of unbranched alkanes of at least 4 members (excludes halogenated alkanes) is 1. The second-order valence-electron chi connectivity index (χ2n) is 7.45. The molecule has 9 heteroatoms. The molecule has 2 aromatic carbocycles. The van der Waals surface area contributed by atoms with E-state index in [1.807, 2.05) is 32.0 Å². The summed E-state index contributed by atoms with van der Waals surface area (Å²) in [6.07, 6.45) is 4.16. The van der Waals surface area contributed by atoms with Crippen LogP contribution < -0.4 is 15.0 Å². The van der Waals surface area contributed by atoms with Crippen LogP contribution in [0.1, 0.15) is 45.0 Å². The molecule has 0 atom stereocenters. The highest BCUT2D eigenvalue weighted by atomic mass is 79.9. The average molecular weight is 630 g/mol. The Balaban J connectivity index is 2.14. The maximum atomic E-state index is 13.3. The van der Waals surface area contributed by atoms with Gasteiger partial charge in [-0.25, -0.2) is 4.98 Å². The van der Waals surface area contributed by atoms with Gasteiger partial charge in [0.05, 0.1) is 34.8 Å². The van der Waals surface area contributed by atoms with Crippen LogP contribution in [0.5, 0.6) is 11.5 Å². The zero-order valence-electron chi connectivity index (χ0n) is 18.3. The van der Waals surface area contributed by atoms with Gasteiger partial charge in [-0.15, -0.1) is 0 Å². The third kappa shape index (κ3) is 5.43. The Hall–Kier alpha value is -1.71. The maximum absolute atomic E-state index is 13.3. The van der Waals surface area contributed by atoms with Crippen LogP contribution in [0.4, 0.5) is 0 Å². The Morgan fingerprint density at radius 2 is 1.94 bits per heavy atom. The molecule has 0 radical (unpaired) electrons. The van der Waals surface area contributed by atoms with E-state index in [2.05, 4.69) is 59.8 Å². The molecule has 32 heavy (non-hydrogen) atoms. The van der Waals surface area contributed by atoms with E-state index in [-0.39, 0.29) is 11.7 Å². The van der Waals surface area contributed by atoms with Gasteiger partial charge in [0, 0.05) is 20.9 Å². The number of hydrogen-bond acceptors (Lipinski definition) is 5. The lowest BCUT2D eigenvalue weighted by atomic mass is 10.2. The summed E-state index contributed by atoms with van der Waals surface area (Å²) in [5, 5.41) is 5.04. The number of aryl methyl sites for hydroxylation is 1. The maximum Gasteiger partial charge on any atom is 0.282 e. The van der Waals surface area contributed by atoms with E-state index >= 15 is 0 Å². The number of methoxy groups -OCH3 is 1. The smallest absolute Gasteiger partial charge is 0.282 e. The summed E-state index contributed by atoms with van der Waals surface area (Å²) in [5.41, 5.74) is 1.18. The fraction of sp³-hybridized carbons (Fsp3) is 0.348. The molecule has 0 bridgehead atoms. The zero-order valence-corrected chi connectivity index (χ0v) is 23.0. The van der Waals surface area contributed by atoms with Crippen LogP contribution in [0.25, 0.3) is 10.9 Å². The molecular weight excluding hydrogens is 606 g/mol. The molecule has 0 aliphatic carbocycles. The largest absolute Gasteiger partial charge is 0.493 e. The normalized spacial score (nSPS) is 11.6. The van der Waals surface area contributed by atoms with Gasteiger partial charge >= 0.3 is 0 Å². The monoisotopic (exact) mass is 627 g/mol. The summed E-state index contributed by atoms with van der Waals surface area (Å²) < 4.78 is 15.1. The standard InChI is InChI=1S/C23H24Br3N3O3/c1-5-6-7-19-28-17-9-8-15(24)11-16(17)23(30)29(19)27-12-14-10-18(31-4)22(32-13(2)3)21(26)20(14)25/h8-13H,5-7H2,1-4H3. The molecule has 0 N–H and O–H groups in total. The van der Waals surface area contributed by atoms with Gasteiger partial charge in [-0.3, -0.25) is 4.79 Å². The fourth-order valence-corrected chi connectivity index (χ4v) is 4.40. The van der Waals surface area contributed by atoms with Crippen LogP contribution in [0, 0.1) is 0 Å². The van der Waals surface area contributed by atoms with Gasteiger partial charge in [-0.05, 0) is 76.4 Å². The molecule has 0 spiro atoms. The van der Waals surface area contributed by atoms with Gasteiger partial charge in [0.1, 0.15) is 5.82 Å². The van der Waals surface area contributed by atoms with Crippen molar-refractivity contribution in [3.05, 3.63) is 59.4 Å². The van der Waals surface area contributed by atoms with Gasteiger partial charge in [-0.2, -0.15) is 9.78 Å². The number of halogens is 3. The molecule has 6 nitrogen and oxygen atoms in total. The summed E-state index contributed by atoms with van der Waals surface area (Å²) in [5.74, 6) is 1.80. The molecule has 3 rings (SSSR count). The Bertz CT molecular complexity index is 1220. The van der Waals surface area contributed by atoms with Crippen molar-refractivity contribution < 1.29 is 9.47 Å². The summed E-state index contributed by atoms with van der Waals surface area (Å²) in [6, 6.07) is 7.32. The molecule has 0 unspecified atom stereocenters. The van der Waals surface area contributed by atoms with Crippen LogP contribution >= 0.6 is 47.8 Å². The average Bonchev–Trinajstić information content (AvgIpc) is 2.76. The molecule has 3 aromatic rings. The first-order valence-corrected chi connectivity index (χ1v) is 12.6. The van der Waals surface area contributed by atoms with Crippen molar-refractivity contribution in [3.63, 3.8) is 0 Å². The van der Waals surface area contributed by atoms with Gasteiger partial charge < -0.3 is 9.47 Å². The van der Waals surface area contributed by atoms with Crippen LogP contribution in [-0.4, -0.2) is 29.1 Å². The summed E-state index contributed by atoms with van der Waals surface area (Å²) >= 11 is 10.6. The highest BCUT2D eigenvalue weighted by molar-refractivity contribution is 9.13. The lowest BCUT2D eigenvalue weighted by molar-refractivity contribution is 0.228. The minimum Gasteiger partial charge on any atom is -0.493 e. The molecule has 1 heterocycles. The topological polar surface area (TPSA) is 65.7 Å². The minimum atomic E-state index is -0.208. The number of aromatic nitrogens is 2. The molecule has 0 fully saturated rings. The quantitative estimate of drug-likeness (QED) is 0.260. The summed E-state index contributed by atoms with van der Waals surface area (Å²) in [4.78, 5) is 18.0. The number of ether oxygens (including phenoxy) is 2. The number of rotatable bonds is 8. The van der Waals surface area contributed by atoms with Crippen molar-refractivity contribution in [2.24, 2.45) is 5.10 Å². The van der Waals surface area contributed by atoms with E-state index in [4.69, 9.17) is 14.5 Å². The number of nitrogens with zero attached hydrogens (tertiary/aromatic N) is 3. The molecule has 0 saturated carbocycles. The van der Waals surface area contributed by atoms with Gasteiger partial charge in [-0.1, -0.05) is 29.3 Å². The Morgan fingerprint density at radius 1 is 1.19 bits per heavy atom. The fourth-order valence-electron chi connectivity index (χ4n) is 3.13. The third-order valence-corrected chi connectivity index (χ3v) is 7.31. The zero-order chi connectivity index (χ0) is 23.4. The van der Waals surface area contributed by atoms with Gasteiger partial charge in [0.2, 0.25) is 0 Å². The van der Waals surface area contributed by atoms with E-state index in [0.717, 1.165) is 27.4 Å². The molecule has 0 aliphatic heterocycles. The first kappa shape index (κ1) is 24.9. The second-order valence-corrected chi connectivity index (χ2v) is 9.95. The predicted octanol–water partition coefficient (Wildman–Crippen LogP) is 6.70. The second kappa shape index (κ2) is 10.9. The Labute approximate surface area is 212 Å². The van der Waals surface area contributed by atoms with Crippen LogP contribution in [0.15, 0.2) is 47.6 Å². The lowest BCUT2D eigenvalue weighted by Crippen LogP contribution is -2.22. The van der Waals surface area contributed by atoms with E-state index < -0.39 is 0 Å². The van der Waals surface area contributed by atoms with Crippen LogP contribution in [-0.2, 0) is 6.42 Å².